The number of morpholine rings is 1. The summed E-state index contributed by atoms with van der Waals surface area (Å²) in [5, 5.41) is 5.92. The number of benzene rings is 1. The molecule has 178 valence electrons. The molecule has 0 bridgehead atoms. The molecule has 4 rings (SSSR count). The summed E-state index contributed by atoms with van der Waals surface area (Å²) in [5.41, 5.74) is 2.08. The summed E-state index contributed by atoms with van der Waals surface area (Å²) in [4.78, 5) is 30.2. The standard InChI is InChI=1S/C25H34N4O4/c1-19-7-11-29(12-8-19)22-6-5-20(27-25(31)23-4-2-15-33-23)18-21(22)24(30)26-9-3-10-28-13-16-32-17-14-28/h2,4-6,15,18-19H,3,7-14,16-17H2,1H3,(H,26,30)(H,27,31). The molecule has 2 amide bonds. The molecule has 0 spiro atoms. The van der Waals surface area contributed by atoms with Gasteiger partial charge < -0.3 is 24.7 Å². The van der Waals surface area contributed by atoms with Gasteiger partial charge in [-0.05, 0) is 62.1 Å². The first kappa shape index (κ1) is 23.3. The molecule has 8 heteroatoms. The van der Waals surface area contributed by atoms with Crippen molar-refractivity contribution in [2.24, 2.45) is 5.92 Å². The number of amides is 2. The number of nitrogens with zero attached hydrogens (tertiary/aromatic N) is 2. The van der Waals surface area contributed by atoms with Gasteiger partial charge in [-0.15, -0.1) is 0 Å². The van der Waals surface area contributed by atoms with E-state index in [9.17, 15) is 9.59 Å². The topological polar surface area (TPSA) is 87.0 Å². The first-order chi connectivity index (χ1) is 16.1. The predicted octanol–water partition coefficient (Wildman–Crippen LogP) is 3.22. The zero-order chi connectivity index (χ0) is 23.0. The Morgan fingerprint density at radius 1 is 1.06 bits per heavy atom. The monoisotopic (exact) mass is 454 g/mol. The molecule has 8 nitrogen and oxygen atoms in total. The Bertz CT molecular complexity index is 916. The second-order valence-electron chi connectivity index (χ2n) is 8.90. The Morgan fingerprint density at radius 2 is 1.85 bits per heavy atom. The molecule has 3 heterocycles. The lowest BCUT2D eigenvalue weighted by atomic mass is 9.97. The van der Waals surface area contributed by atoms with Crippen molar-refractivity contribution < 1.29 is 18.7 Å². The number of carbonyl (C=O) groups excluding carboxylic acids is 2. The van der Waals surface area contributed by atoms with Gasteiger partial charge in [0, 0.05) is 44.1 Å². The number of nitrogens with one attached hydrogen (secondary N) is 2. The largest absolute Gasteiger partial charge is 0.459 e. The molecule has 1 aromatic heterocycles. The minimum Gasteiger partial charge on any atom is -0.459 e. The van der Waals surface area contributed by atoms with Crippen LogP contribution in [0.25, 0.3) is 0 Å². The molecule has 2 aliphatic rings. The van der Waals surface area contributed by atoms with E-state index in [1.54, 1.807) is 18.2 Å². The molecule has 0 aliphatic carbocycles. The highest BCUT2D eigenvalue weighted by Crippen LogP contribution is 2.29. The van der Waals surface area contributed by atoms with E-state index in [0.29, 0.717) is 23.7 Å². The minimum absolute atomic E-state index is 0.111. The van der Waals surface area contributed by atoms with Crippen molar-refractivity contribution in [1.29, 1.82) is 0 Å². The second kappa shape index (κ2) is 11.3. The fraction of sp³-hybridized carbons (Fsp3) is 0.520. The summed E-state index contributed by atoms with van der Waals surface area (Å²) < 4.78 is 10.6. The number of anilines is 2. The van der Waals surface area contributed by atoms with Crippen LogP contribution in [0, 0.1) is 5.92 Å². The maximum absolute atomic E-state index is 13.2. The molecular weight excluding hydrogens is 420 g/mol. The SMILES string of the molecule is CC1CCN(c2ccc(NC(=O)c3ccco3)cc2C(=O)NCCCN2CCOCC2)CC1. The van der Waals surface area contributed by atoms with Crippen molar-refractivity contribution >= 4 is 23.2 Å². The Labute approximate surface area is 195 Å². The average Bonchev–Trinajstić information content (AvgIpc) is 3.38. The van der Waals surface area contributed by atoms with Gasteiger partial charge in [0.15, 0.2) is 5.76 Å². The normalized spacial score (nSPS) is 17.7. The molecule has 0 unspecified atom stereocenters. The summed E-state index contributed by atoms with van der Waals surface area (Å²) in [5.74, 6) is 0.486. The Hall–Kier alpha value is -2.84. The van der Waals surface area contributed by atoms with E-state index < -0.39 is 0 Å². The van der Waals surface area contributed by atoms with Crippen LogP contribution in [0.2, 0.25) is 0 Å². The third-order valence-corrected chi connectivity index (χ3v) is 6.41. The van der Waals surface area contributed by atoms with Crippen LogP contribution >= 0.6 is 0 Å². The first-order valence-electron chi connectivity index (χ1n) is 11.9. The maximum atomic E-state index is 13.2. The molecule has 0 radical (unpaired) electrons. The number of hydrogen-bond acceptors (Lipinski definition) is 6. The zero-order valence-electron chi connectivity index (χ0n) is 19.3. The lowest BCUT2D eigenvalue weighted by Crippen LogP contribution is -2.38. The van der Waals surface area contributed by atoms with E-state index in [-0.39, 0.29) is 17.6 Å². The highest BCUT2D eigenvalue weighted by Gasteiger charge is 2.22. The summed E-state index contributed by atoms with van der Waals surface area (Å²) in [6, 6.07) is 8.84. The van der Waals surface area contributed by atoms with E-state index in [4.69, 9.17) is 9.15 Å². The third-order valence-electron chi connectivity index (χ3n) is 6.41. The smallest absolute Gasteiger partial charge is 0.291 e. The number of ether oxygens (including phenoxy) is 1. The minimum atomic E-state index is -0.337. The average molecular weight is 455 g/mol. The van der Waals surface area contributed by atoms with Crippen molar-refractivity contribution in [3.63, 3.8) is 0 Å². The Balaban J connectivity index is 1.43. The van der Waals surface area contributed by atoms with Crippen molar-refractivity contribution in [3.05, 3.63) is 47.9 Å². The Kier molecular flexibility index (Phi) is 8.01. The quantitative estimate of drug-likeness (QED) is 0.596. The molecule has 2 saturated heterocycles. The van der Waals surface area contributed by atoms with Gasteiger partial charge in [-0.3, -0.25) is 14.5 Å². The van der Waals surface area contributed by atoms with E-state index in [1.165, 1.54) is 6.26 Å². The van der Waals surface area contributed by atoms with Crippen LogP contribution in [-0.4, -0.2) is 69.2 Å². The second-order valence-corrected chi connectivity index (χ2v) is 8.90. The number of piperidine rings is 1. The van der Waals surface area contributed by atoms with E-state index in [0.717, 1.165) is 70.9 Å². The first-order valence-corrected chi connectivity index (χ1v) is 11.9. The molecule has 2 aromatic rings. The van der Waals surface area contributed by atoms with Gasteiger partial charge in [-0.1, -0.05) is 6.92 Å². The molecule has 1 aromatic carbocycles. The van der Waals surface area contributed by atoms with E-state index >= 15 is 0 Å². The number of carbonyl (C=O) groups is 2. The van der Waals surface area contributed by atoms with Gasteiger partial charge in [0.2, 0.25) is 0 Å². The van der Waals surface area contributed by atoms with Crippen LogP contribution in [0.3, 0.4) is 0 Å². The van der Waals surface area contributed by atoms with E-state index in [1.807, 2.05) is 12.1 Å². The molecule has 2 fully saturated rings. The van der Waals surface area contributed by atoms with Gasteiger partial charge in [-0.25, -0.2) is 0 Å². The van der Waals surface area contributed by atoms with Crippen molar-refractivity contribution in [2.75, 3.05) is 62.7 Å². The van der Waals surface area contributed by atoms with Crippen LogP contribution in [0.4, 0.5) is 11.4 Å². The molecule has 33 heavy (non-hydrogen) atoms. The molecule has 0 saturated carbocycles. The van der Waals surface area contributed by atoms with Crippen LogP contribution in [0.5, 0.6) is 0 Å². The van der Waals surface area contributed by atoms with Gasteiger partial charge >= 0.3 is 0 Å². The summed E-state index contributed by atoms with van der Waals surface area (Å²) >= 11 is 0. The fourth-order valence-electron chi connectivity index (χ4n) is 4.35. The fourth-order valence-corrected chi connectivity index (χ4v) is 4.35. The zero-order valence-corrected chi connectivity index (χ0v) is 19.3. The lowest BCUT2D eigenvalue weighted by Gasteiger charge is -2.33. The number of hydrogen-bond donors (Lipinski definition) is 2. The van der Waals surface area contributed by atoms with E-state index in [2.05, 4.69) is 27.4 Å². The molecule has 2 N–H and O–H groups in total. The summed E-state index contributed by atoms with van der Waals surface area (Å²) in [7, 11) is 0. The number of rotatable bonds is 8. The van der Waals surface area contributed by atoms with Crippen LogP contribution < -0.4 is 15.5 Å². The highest BCUT2D eigenvalue weighted by atomic mass is 16.5. The summed E-state index contributed by atoms with van der Waals surface area (Å²) in [6.07, 6.45) is 4.57. The predicted molar refractivity (Wildman–Crippen MR) is 128 cm³/mol. The Morgan fingerprint density at radius 3 is 2.58 bits per heavy atom. The number of furan rings is 1. The van der Waals surface area contributed by atoms with Crippen LogP contribution in [0.1, 0.15) is 47.1 Å². The van der Waals surface area contributed by atoms with Crippen LogP contribution in [0.15, 0.2) is 41.0 Å². The van der Waals surface area contributed by atoms with Crippen molar-refractivity contribution in [1.82, 2.24) is 10.2 Å². The molecular formula is C25H34N4O4. The van der Waals surface area contributed by atoms with Gasteiger partial charge in [-0.2, -0.15) is 0 Å². The van der Waals surface area contributed by atoms with Crippen molar-refractivity contribution in [2.45, 2.75) is 26.2 Å². The summed E-state index contributed by atoms with van der Waals surface area (Å²) in [6.45, 7) is 9.13. The van der Waals surface area contributed by atoms with Gasteiger partial charge in [0.1, 0.15) is 0 Å². The molecule has 2 aliphatic heterocycles. The molecule has 0 atom stereocenters. The third kappa shape index (κ3) is 6.36. The lowest BCUT2D eigenvalue weighted by molar-refractivity contribution is 0.0374. The van der Waals surface area contributed by atoms with Crippen LogP contribution in [-0.2, 0) is 4.74 Å². The maximum Gasteiger partial charge on any atom is 0.291 e. The van der Waals surface area contributed by atoms with Gasteiger partial charge in [0.25, 0.3) is 11.8 Å². The van der Waals surface area contributed by atoms with Gasteiger partial charge in [0.05, 0.1) is 25.0 Å². The van der Waals surface area contributed by atoms with Crippen molar-refractivity contribution in [3.8, 4) is 0 Å². The highest BCUT2D eigenvalue weighted by molar-refractivity contribution is 6.05.